The van der Waals surface area contributed by atoms with Gasteiger partial charge in [0.25, 0.3) is 5.91 Å². The highest BCUT2D eigenvalue weighted by molar-refractivity contribution is 5.80. The van der Waals surface area contributed by atoms with Crippen LogP contribution in [0, 0.1) is 12.7 Å². The molecule has 2 rings (SSSR count). The molecule has 0 spiro atoms. The number of aryl methyl sites for hydroxylation is 2. The van der Waals surface area contributed by atoms with Crippen LogP contribution in [0.3, 0.4) is 0 Å². The zero-order valence-electron chi connectivity index (χ0n) is 13.5. The van der Waals surface area contributed by atoms with Crippen molar-refractivity contribution in [2.45, 2.75) is 32.8 Å². The van der Waals surface area contributed by atoms with Crippen LogP contribution in [0.5, 0.6) is 5.75 Å². The number of hydrogen-bond acceptors (Lipinski definition) is 2. The van der Waals surface area contributed by atoms with Gasteiger partial charge in [-0.15, -0.1) is 0 Å². The fourth-order valence-corrected chi connectivity index (χ4v) is 2.17. The minimum Gasteiger partial charge on any atom is -0.481 e. The minimum atomic E-state index is -0.538. The molecule has 0 saturated carbocycles. The number of nitrogens with one attached hydrogen (secondary N) is 1. The summed E-state index contributed by atoms with van der Waals surface area (Å²) in [5.74, 6) is 0.318. The highest BCUT2D eigenvalue weighted by atomic mass is 19.1. The molecule has 0 unspecified atom stereocenters. The average molecular weight is 315 g/mol. The van der Waals surface area contributed by atoms with E-state index in [2.05, 4.69) is 5.32 Å². The summed E-state index contributed by atoms with van der Waals surface area (Å²) >= 11 is 0. The van der Waals surface area contributed by atoms with Crippen molar-refractivity contribution in [1.29, 1.82) is 0 Å². The quantitative estimate of drug-likeness (QED) is 0.792. The van der Waals surface area contributed by atoms with Gasteiger partial charge in [-0.2, -0.15) is 0 Å². The van der Waals surface area contributed by atoms with Crippen LogP contribution in [-0.2, 0) is 11.2 Å². The molecule has 122 valence electrons. The lowest BCUT2D eigenvalue weighted by atomic mass is 10.1. The SMILES string of the molecule is Cc1ccc(O[C@@H](C)C(=O)NCCCc2ccc(F)cc2)cc1. The van der Waals surface area contributed by atoms with E-state index < -0.39 is 6.10 Å². The molecule has 1 atom stereocenters. The van der Waals surface area contributed by atoms with Crippen LogP contribution in [0.4, 0.5) is 4.39 Å². The lowest BCUT2D eigenvalue weighted by Gasteiger charge is -2.14. The molecule has 2 aromatic carbocycles. The second kappa shape index (κ2) is 8.32. The van der Waals surface area contributed by atoms with E-state index in [-0.39, 0.29) is 11.7 Å². The van der Waals surface area contributed by atoms with Crippen molar-refractivity contribution >= 4 is 5.91 Å². The molecule has 0 aromatic heterocycles. The van der Waals surface area contributed by atoms with Gasteiger partial charge in [0.1, 0.15) is 11.6 Å². The summed E-state index contributed by atoms with van der Waals surface area (Å²) < 4.78 is 18.4. The molecule has 0 radical (unpaired) electrons. The van der Waals surface area contributed by atoms with Crippen molar-refractivity contribution in [3.63, 3.8) is 0 Å². The molecular formula is C19H22FNO2. The highest BCUT2D eigenvalue weighted by Gasteiger charge is 2.13. The van der Waals surface area contributed by atoms with E-state index in [4.69, 9.17) is 4.74 Å². The topological polar surface area (TPSA) is 38.3 Å². The normalized spacial score (nSPS) is 11.8. The molecule has 0 aliphatic carbocycles. The first-order chi connectivity index (χ1) is 11.0. The molecule has 1 N–H and O–H groups in total. The Morgan fingerprint density at radius 1 is 1.13 bits per heavy atom. The lowest BCUT2D eigenvalue weighted by Crippen LogP contribution is -2.36. The van der Waals surface area contributed by atoms with E-state index in [0.717, 1.165) is 24.0 Å². The van der Waals surface area contributed by atoms with Gasteiger partial charge in [0, 0.05) is 6.54 Å². The largest absolute Gasteiger partial charge is 0.481 e. The van der Waals surface area contributed by atoms with Crippen LogP contribution in [0.15, 0.2) is 48.5 Å². The van der Waals surface area contributed by atoms with E-state index in [1.165, 1.54) is 12.1 Å². The second-order valence-electron chi connectivity index (χ2n) is 5.59. The van der Waals surface area contributed by atoms with Crippen LogP contribution in [0.25, 0.3) is 0 Å². The fraction of sp³-hybridized carbons (Fsp3) is 0.316. The van der Waals surface area contributed by atoms with Crippen LogP contribution in [-0.4, -0.2) is 18.6 Å². The first-order valence-electron chi connectivity index (χ1n) is 7.80. The number of carbonyl (C=O) groups excluding carboxylic acids is 1. The minimum absolute atomic E-state index is 0.135. The number of carbonyl (C=O) groups is 1. The number of halogens is 1. The number of benzene rings is 2. The predicted octanol–water partition coefficient (Wildman–Crippen LogP) is 3.65. The molecule has 1 amide bonds. The Hall–Kier alpha value is -2.36. The molecule has 0 fully saturated rings. The zero-order valence-corrected chi connectivity index (χ0v) is 13.5. The zero-order chi connectivity index (χ0) is 16.7. The Morgan fingerprint density at radius 3 is 2.43 bits per heavy atom. The smallest absolute Gasteiger partial charge is 0.260 e. The number of rotatable bonds is 7. The standard InChI is InChI=1S/C19H22FNO2/c1-14-5-11-18(12-6-14)23-15(2)19(22)21-13-3-4-16-7-9-17(20)10-8-16/h5-12,15H,3-4,13H2,1-2H3,(H,21,22)/t15-/m0/s1. The molecule has 23 heavy (non-hydrogen) atoms. The maximum atomic E-state index is 12.8. The second-order valence-corrected chi connectivity index (χ2v) is 5.59. The van der Waals surface area contributed by atoms with Crippen LogP contribution in [0.1, 0.15) is 24.5 Å². The summed E-state index contributed by atoms with van der Waals surface area (Å²) in [6, 6.07) is 14.0. The first-order valence-corrected chi connectivity index (χ1v) is 7.80. The van der Waals surface area contributed by atoms with Gasteiger partial charge in [0.2, 0.25) is 0 Å². The molecule has 2 aromatic rings. The maximum absolute atomic E-state index is 12.8. The maximum Gasteiger partial charge on any atom is 0.260 e. The highest BCUT2D eigenvalue weighted by Crippen LogP contribution is 2.13. The van der Waals surface area contributed by atoms with Crippen molar-refractivity contribution in [3.05, 3.63) is 65.5 Å². The predicted molar refractivity (Wildman–Crippen MR) is 89.0 cm³/mol. The fourth-order valence-electron chi connectivity index (χ4n) is 2.17. The Bertz CT molecular complexity index is 623. The van der Waals surface area contributed by atoms with Crippen molar-refractivity contribution < 1.29 is 13.9 Å². The van der Waals surface area contributed by atoms with Crippen molar-refractivity contribution in [2.75, 3.05) is 6.54 Å². The van der Waals surface area contributed by atoms with Gasteiger partial charge in [-0.05, 0) is 56.5 Å². The van der Waals surface area contributed by atoms with E-state index in [1.807, 2.05) is 31.2 Å². The van der Waals surface area contributed by atoms with Gasteiger partial charge in [-0.3, -0.25) is 4.79 Å². The summed E-state index contributed by atoms with van der Waals surface area (Å²) in [7, 11) is 0. The average Bonchev–Trinajstić information content (AvgIpc) is 2.55. The Balaban J connectivity index is 1.69. The van der Waals surface area contributed by atoms with Gasteiger partial charge < -0.3 is 10.1 Å². The van der Waals surface area contributed by atoms with Gasteiger partial charge in [0.15, 0.2) is 6.10 Å². The van der Waals surface area contributed by atoms with Crippen LogP contribution in [0.2, 0.25) is 0 Å². The van der Waals surface area contributed by atoms with Gasteiger partial charge in [-0.1, -0.05) is 29.8 Å². The summed E-state index contributed by atoms with van der Waals surface area (Å²) in [6.45, 7) is 4.30. The monoisotopic (exact) mass is 315 g/mol. The lowest BCUT2D eigenvalue weighted by molar-refractivity contribution is -0.127. The van der Waals surface area contributed by atoms with E-state index in [9.17, 15) is 9.18 Å². The van der Waals surface area contributed by atoms with Crippen molar-refractivity contribution in [3.8, 4) is 5.75 Å². The Morgan fingerprint density at radius 2 is 1.78 bits per heavy atom. The number of amides is 1. The Labute approximate surface area is 136 Å². The van der Waals surface area contributed by atoms with Crippen LogP contribution >= 0.6 is 0 Å². The number of hydrogen-bond donors (Lipinski definition) is 1. The molecular weight excluding hydrogens is 293 g/mol. The third-order valence-corrected chi connectivity index (χ3v) is 3.56. The third-order valence-electron chi connectivity index (χ3n) is 3.56. The van der Waals surface area contributed by atoms with Crippen molar-refractivity contribution in [2.24, 2.45) is 0 Å². The first kappa shape index (κ1) is 17.0. The molecule has 0 heterocycles. The molecule has 0 aliphatic rings. The third kappa shape index (κ3) is 5.74. The van der Waals surface area contributed by atoms with Gasteiger partial charge in [-0.25, -0.2) is 4.39 Å². The van der Waals surface area contributed by atoms with E-state index in [1.54, 1.807) is 19.1 Å². The van der Waals surface area contributed by atoms with Gasteiger partial charge in [0.05, 0.1) is 0 Å². The molecule has 4 heteroatoms. The molecule has 0 saturated heterocycles. The van der Waals surface area contributed by atoms with Gasteiger partial charge >= 0.3 is 0 Å². The summed E-state index contributed by atoms with van der Waals surface area (Å²) in [6.07, 6.45) is 1.06. The Kier molecular flexibility index (Phi) is 6.15. The van der Waals surface area contributed by atoms with E-state index >= 15 is 0 Å². The summed E-state index contributed by atoms with van der Waals surface area (Å²) in [5, 5.41) is 2.86. The van der Waals surface area contributed by atoms with Crippen LogP contribution < -0.4 is 10.1 Å². The van der Waals surface area contributed by atoms with Crippen molar-refractivity contribution in [1.82, 2.24) is 5.32 Å². The number of ether oxygens (including phenoxy) is 1. The summed E-state index contributed by atoms with van der Waals surface area (Å²) in [4.78, 5) is 12.0. The summed E-state index contributed by atoms with van der Waals surface area (Å²) in [5.41, 5.74) is 2.21. The van der Waals surface area contributed by atoms with E-state index in [0.29, 0.717) is 12.3 Å². The molecule has 3 nitrogen and oxygen atoms in total. The molecule has 0 aliphatic heterocycles. The molecule has 0 bridgehead atoms.